The fraction of sp³-hybridized carbons (Fsp3) is 0.300. The number of ether oxygens (including phenoxy) is 2. The molecule has 38 heavy (non-hydrogen) atoms. The second kappa shape index (κ2) is 13.1. The van der Waals surface area contributed by atoms with Crippen LogP contribution in [-0.4, -0.2) is 35.4 Å². The summed E-state index contributed by atoms with van der Waals surface area (Å²) in [6.07, 6.45) is 3.45. The summed E-state index contributed by atoms with van der Waals surface area (Å²) in [5, 5.41) is 12.3. The predicted molar refractivity (Wildman–Crippen MR) is 144 cm³/mol. The van der Waals surface area contributed by atoms with Gasteiger partial charge in [0.05, 0.1) is 17.0 Å². The summed E-state index contributed by atoms with van der Waals surface area (Å²) in [6, 6.07) is 21.1. The number of carboxylic acids is 1. The van der Waals surface area contributed by atoms with Crippen molar-refractivity contribution in [3.63, 3.8) is 0 Å². The molecule has 0 atom stereocenters. The molecule has 3 aromatic carbocycles. The van der Waals surface area contributed by atoms with E-state index >= 15 is 0 Å². The van der Waals surface area contributed by atoms with E-state index in [1.807, 2.05) is 30.3 Å². The van der Waals surface area contributed by atoms with Crippen LogP contribution in [0.2, 0.25) is 5.02 Å². The highest BCUT2D eigenvalue weighted by Gasteiger charge is 2.26. The van der Waals surface area contributed by atoms with Gasteiger partial charge in [0, 0.05) is 24.1 Å². The van der Waals surface area contributed by atoms with Gasteiger partial charge in [0.25, 0.3) is 5.91 Å². The van der Waals surface area contributed by atoms with Gasteiger partial charge in [-0.2, -0.15) is 0 Å². The van der Waals surface area contributed by atoms with Crippen LogP contribution in [0, 0.1) is 5.92 Å². The Labute approximate surface area is 226 Å². The fourth-order valence-electron chi connectivity index (χ4n) is 4.38. The van der Waals surface area contributed by atoms with Gasteiger partial charge in [0.2, 0.25) is 0 Å². The highest BCUT2D eigenvalue weighted by Crippen LogP contribution is 2.30. The Bertz CT molecular complexity index is 1250. The molecule has 1 saturated carbocycles. The van der Waals surface area contributed by atoms with Crippen LogP contribution in [0.4, 0.5) is 0 Å². The molecule has 7 nitrogen and oxygen atoms in total. The van der Waals surface area contributed by atoms with Gasteiger partial charge >= 0.3 is 5.97 Å². The van der Waals surface area contributed by atoms with Crippen molar-refractivity contribution in [3.05, 3.63) is 88.9 Å². The van der Waals surface area contributed by atoms with Gasteiger partial charge in [0.1, 0.15) is 17.2 Å². The number of para-hydroxylation sites is 1. The molecule has 0 heterocycles. The highest BCUT2D eigenvalue weighted by atomic mass is 35.5. The van der Waals surface area contributed by atoms with Crippen LogP contribution in [-0.2, 0) is 4.79 Å². The van der Waals surface area contributed by atoms with Crippen molar-refractivity contribution in [2.45, 2.75) is 44.6 Å². The first kappa shape index (κ1) is 27.2. The Balaban J connectivity index is 1.18. The van der Waals surface area contributed by atoms with E-state index in [-0.39, 0.29) is 23.7 Å². The second-order valence-electron chi connectivity index (χ2n) is 9.30. The monoisotopic (exact) mass is 535 g/mol. The third kappa shape index (κ3) is 7.59. The van der Waals surface area contributed by atoms with Gasteiger partial charge in [-0.1, -0.05) is 29.8 Å². The van der Waals surface area contributed by atoms with Crippen molar-refractivity contribution in [2.24, 2.45) is 5.92 Å². The minimum Gasteiger partial charge on any atom is -0.490 e. The van der Waals surface area contributed by atoms with Crippen molar-refractivity contribution >= 4 is 29.3 Å². The summed E-state index contributed by atoms with van der Waals surface area (Å²) < 4.78 is 11.7. The summed E-state index contributed by atoms with van der Waals surface area (Å²) in [5.41, 5.74) is 0.993. The molecule has 0 saturated heterocycles. The number of amides is 1. The van der Waals surface area contributed by atoms with Crippen molar-refractivity contribution in [2.75, 3.05) is 6.54 Å². The average Bonchev–Trinajstić information content (AvgIpc) is 2.93. The molecular formula is C30H30ClNO6. The number of halogens is 1. The second-order valence-corrected chi connectivity index (χ2v) is 9.70. The van der Waals surface area contributed by atoms with E-state index in [9.17, 15) is 14.4 Å². The predicted octanol–water partition coefficient (Wildman–Crippen LogP) is 6.55. The number of nitrogens with one attached hydrogen (secondary N) is 1. The largest absolute Gasteiger partial charge is 0.490 e. The van der Waals surface area contributed by atoms with Gasteiger partial charge in [-0.15, -0.1) is 0 Å². The summed E-state index contributed by atoms with van der Waals surface area (Å²) in [6.45, 7) is 0.352. The van der Waals surface area contributed by atoms with Gasteiger partial charge in [-0.05, 0) is 86.7 Å². The Morgan fingerprint density at radius 1 is 0.868 bits per heavy atom. The van der Waals surface area contributed by atoms with Crippen LogP contribution in [0.5, 0.6) is 17.2 Å². The lowest BCUT2D eigenvalue weighted by Crippen LogP contribution is -2.27. The molecule has 8 heteroatoms. The minimum atomic E-state index is -0.737. The Morgan fingerprint density at radius 2 is 1.55 bits per heavy atom. The maximum atomic E-state index is 12.6. The molecule has 4 rings (SSSR count). The number of Topliss-reactive ketones (excluding diaryl/α,β-unsaturated/α-hetero) is 1. The molecule has 0 unspecified atom stereocenters. The van der Waals surface area contributed by atoms with E-state index in [1.165, 1.54) is 0 Å². The van der Waals surface area contributed by atoms with Crippen LogP contribution in [0.25, 0.3) is 0 Å². The lowest BCUT2D eigenvalue weighted by molar-refractivity contribution is -0.143. The van der Waals surface area contributed by atoms with Crippen molar-refractivity contribution in [3.8, 4) is 17.2 Å². The molecule has 0 spiro atoms. The lowest BCUT2D eigenvalue weighted by atomic mass is 9.87. The summed E-state index contributed by atoms with van der Waals surface area (Å²) in [4.78, 5) is 36.1. The van der Waals surface area contributed by atoms with Crippen molar-refractivity contribution < 1.29 is 29.0 Å². The molecule has 1 aliphatic carbocycles. The maximum absolute atomic E-state index is 12.6. The molecule has 1 fully saturated rings. The zero-order valence-corrected chi connectivity index (χ0v) is 21.7. The SMILES string of the molecule is O=C(CCCNC(=O)c1ccc(Oc2ccccc2)c(Cl)c1)c1ccc(OC2CCC(C(=O)O)CC2)cc1. The Hall–Kier alpha value is -3.84. The molecule has 3 aromatic rings. The molecule has 2 N–H and O–H groups in total. The molecule has 198 valence electrons. The van der Waals surface area contributed by atoms with E-state index in [0.29, 0.717) is 78.5 Å². The van der Waals surface area contributed by atoms with E-state index < -0.39 is 5.97 Å². The molecule has 0 bridgehead atoms. The number of carbonyl (C=O) groups is 3. The topological polar surface area (TPSA) is 102 Å². The summed E-state index contributed by atoms with van der Waals surface area (Å²) in [5.74, 6) is 0.477. The first-order chi connectivity index (χ1) is 18.4. The lowest BCUT2D eigenvalue weighted by Gasteiger charge is -2.26. The van der Waals surface area contributed by atoms with Crippen molar-refractivity contribution in [1.29, 1.82) is 0 Å². The fourth-order valence-corrected chi connectivity index (χ4v) is 4.60. The molecule has 1 amide bonds. The van der Waals surface area contributed by atoms with E-state index in [1.54, 1.807) is 42.5 Å². The minimum absolute atomic E-state index is 0.00163. The molecule has 0 aromatic heterocycles. The number of ketones is 1. The first-order valence-electron chi connectivity index (χ1n) is 12.7. The normalized spacial score (nSPS) is 16.9. The quantitative estimate of drug-likeness (QED) is 0.213. The Morgan fingerprint density at radius 3 is 2.21 bits per heavy atom. The number of carbonyl (C=O) groups excluding carboxylic acids is 2. The van der Waals surface area contributed by atoms with Crippen LogP contribution < -0.4 is 14.8 Å². The zero-order valence-electron chi connectivity index (χ0n) is 20.9. The van der Waals surface area contributed by atoms with Crippen LogP contribution in [0.1, 0.15) is 59.2 Å². The average molecular weight is 536 g/mol. The van der Waals surface area contributed by atoms with Gasteiger partial charge < -0.3 is 19.9 Å². The van der Waals surface area contributed by atoms with Crippen molar-refractivity contribution in [1.82, 2.24) is 5.32 Å². The van der Waals surface area contributed by atoms with E-state index in [4.69, 9.17) is 26.2 Å². The number of benzene rings is 3. The highest BCUT2D eigenvalue weighted by molar-refractivity contribution is 6.32. The number of carboxylic acid groups (broad SMARTS) is 1. The Kier molecular flexibility index (Phi) is 9.38. The van der Waals surface area contributed by atoms with E-state index in [0.717, 1.165) is 0 Å². The van der Waals surface area contributed by atoms with Crippen LogP contribution >= 0.6 is 11.6 Å². The van der Waals surface area contributed by atoms with Gasteiger partial charge in [-0.25, -0.2) is 0 Å². The smallest absolute Gasteiger partial charge is 0.306 e. The summed E-state index contributed by atoms with van der Waals surface area (Å²) >= 11 is 6.30. The maximum Gasteiger partial charge on any atom is 0.306 e. The number of hydrogen-bond donors (Lipinski definition) is 2. The van der Waals surface area contributed by atoms with Crippen LogP contribution in [0.15, 0.2) is 72.8 Å². The third-order valence-electron chi connectivity index (χ3n) is 6.53. The number of aliphatic carboxylic acids is 1. The van der Waals surface area contributed by atoms with Gasteiger partial charge in [-0.3, -0.25) is 14.4 Å². The standard InChI is InChI=1S/C30H30ClNO6/c31-26-19-22(12-17-28(26)38-23-5-2-1-3-6-23)29(34)32-18-4-7-27(33)20-8-13-24(14-9-20)37-25-15-10-21(11-16-25)30(35)36/h1-3,5-6,8-9,12-14,17,19,21,25H,4,7,10-11,15-16,18H2,(H,32,34)(H,35,36). The first-order valence-corrected chi connectivity index (χ1v) is 13.1. The van der Waals surface area contributed by atoms with Gasteiger partial charge in [0.15, 0.2) is 5.78 Å². The zero-order chi connectivity index (χ0) is 26.9. The molecule has 1 aliphatic rings. The molecule has 0 aliphatic heterocycles. The van der Waals surface area contributed by atoms with Crippen LogP contribution in [0.3, 0.4) is 0 Å². The third-order valence-corrected chi connectivity index (χ3v) is 6.83. The molecule has 0 radical (unpaired) electrons. The number of hydrogen-bond acceptors (Lipinski definition) is 5. The number of rotatable bonds is 11. The van der Waals surface area contributed by atoms with E-state index in [2.05, 4.69) is 5.32 Å². The summed E-state index contributed by atoms with van der Waals surface area (Å²) in [7, 11) is 0. The molecular weight excluding hydrogens is 506 g/mol.